The van der Waals surface area contributed by atoms with Crippen molar-refractivity contribution in [1.29, 1.82) is 0 Å². The maximum absolute atomic E-state index is 5.81. The average Bonchev–Trinajstić information content (AvgIpc) is 3.05. The fourth-order valence-corrected chi connectivity index (χ4v) is 7.82. The molecule has 3 saturated carbocycles. The van der Waals surface area contributed by atoms with E-state index in [1.54, 1.807) is 25.7 Å². The molecule has 0 spiro atoms. The lowest BCUT2D eigenvalue weighted by molar-refractivity contribution is -0.0789. The number of hydrogen-bond acceptors (Lipinski definition) is 1. The van der Waals surface area contributed by atoms with Gasteiger partial charge in [-0.25, -0.2) is 0 Å². The van der Waals surface area contributed by atoms with Crippen molar-refractivity contribution in [3.8, 4) is 0 Å². The monoisotopic (exact) mass is 346 g/mol. The second-order valence-corrected chi connectivity index (χ2v) is 10.6. The van der Waals surface area contributed by atoms with Gasteiger partial charge in [0.25, 0.3) is 0 Å². The summed E-state index contributed by atoms with van der Waals surface area (Å²) in [4.78, 5) is 0. The van der Waals surface area contributed by atoms with Gasteiger partial charge in [0.15, 0.2) is 0 Å². The minimum absolute atomic E-state index is 0.883. The molecule has 4 aliphatic rings. The average molecular weight is 347 g/mol. The van der Waals surface area contributed by atoms with Crippen LogP contribution in [0.1, 0.15) is 85.0 Å². The first-order valence-electron chi connectivity index (χ1n) is 11.7. The lowest BCUT2D eigenvalue weighted by atomic mass is 9.54. The topological polar surface area (TPSA) is 9.23 Å². The van der Waals surface area contributed by atoms with Crippen LogP contribution < -0.4 is 0 Å². The zero-order valence-electron chi connectivity index (χ0n) is 17.1. The van der Waals surface area contributed by atoms with Crippen molar-refractivity contribution in [2.45, 2.75) is 85.0 Å². The van der Waals surface area contributed by atoms with Crippen molar-refractivity contribution in [2.24, 2.45) is 53.3 Å². The lowest BCUT2D eigenvalue weighted by Gasteiger charge is -2.52. The van der Waals surface area contributed by atoms with Crippen LogP contribution in [-0.2, 0) is 4.74 Å². The first-order valence-corrected chi connectivity index (χ1v) is 11.7. The van der Waals surface area contributed by atoms with Crippen molar-refractivity contribution in [2.75, 3.05) is 13.2 Å². The van der Waals surface area contributed by atoms with E-state index < -0.39 is 0 Å². The molecule has 0 N–H and O–H groups in total. The molecule has 0 radical (unpaired) electrons. The zero-order chi connectivity index (χ0) is 17.4. The maximum Gasteiger partial charge on any atom is 0.0497 e. The molecule has 1 aliphatic heterocycles. The molecule has 1 heteroatoms. The van der Waals surface area contributed by atoms with Crippen LogP contribution in [0.15, 0.2) is 0 Å². The Labute approximate surface area is 156 Å². The van der Waals surface area contributed by atoms with Crippen molar-refractivity contribution in [3.63, 3.8) is 0 Å². The third kappa shape index (κ3) is 3.69. The van der Waals surface area contributed by atoms with E-state index in [-0.39, 0.29) is 0 Å². The van der Waals surface area contributed by atoms with Crippen LogP contribution in [0, 0.1) is 53.3 Å². The molecule has 6 unspecified atom stereocenters. The van der Waals surface area contributed by atoms with Crippen LogP contribution in [0.2, 0.25) is 0 Å². The van der Waals surface area contributed by atoms with Gasteiger partial charge in [-0.3, -0.25) is 0 Å². The van der Waals surface area contributed by atoms with Crippen LogP contribution in [-0.4, -0.2) is 13.2 Å². The molecule has 4 rings (SSSR count). The van der Waals surface area contributed by atoms with Gasteiger partial charge >= 0.3 is 0 Å². The van der Waals surface area contributed by atoms with Crippen molar-refractivity contribution in [1.82, 2.24) is 0 Å². The first-order chi connectivity index (χ1) is 12.1. The largest absolute Gasteiger partial charge is 0.381 e. The van der Waals surface area contributed by atoms with Gasteiger partial charge in [0.2, 0.25) is 0 Å². The van der Waals surface area contributed by atoms with Crippen LogP contribution >= 0.6 is 0 Å². The normalized spacial score (nSPS) is 44.9. The van der Waals surface area contributed by atoms with E-state index in [9.17, 15) is 0 Å². The van der Waals surface area contributed by atoms with Gasteiger partial charge < -0.3 is 4.74 Å². The Hall–Kier alpha value is -0.0400. The highest BCUT2D eigenvalue weighted by Gasteiger charge is 2.51. The van der Waals surface area contributed by atoms with E-state index in [1.165, 1.54) is 38.5 Å². The number of rotatable bonds is 5. The zero-order valence-corrected chi connectivity index (χ0v) is 17.1. The molecule has 0 aromatic carbocycles. The smallest absolute Gasteiger partial charge is 0.0497 e. The molecule has 0 aromatic heterocycles. The van der Waals surface area contributed by atoms with E-state index in [2.05, 4.69) is 20.8 Å². The summed E-state index contributed by atoms with van der Waals surface area (Å²) in [6.07, 6.45) is 15.0. The highest BCUT2D eigenvalue weighted by molar-refractivity contribution is 5.00. The molecule has 0 amide bonds. The molecule has 8 atom stereocenters. The van der Waals surface area contributed by atoms with E-state index in [4.69, 9.17) is 4.74 Å². The van der Waals surface area contributed by atoms with Crippen LogP contribution in [0.5, 0.6) is 0 Å². The summed E-state index contributed by atoms with van der Waals surface area (Å²) in [5, 5.41) is 0. The van der Waals surface area contributed by atoms with Gasteiger partial charge in [-0.05, 0) is 98.2 Å². The Balaban J connectivity index is 1.37. The third-order valence-electron chi connectivity index (χ3n) is 8.99. The summed E-state index contributed by atoms with van der Waals surface area (Å²) in [5.41, 5.74) is 0. The summed E-state index contributed by atoms with van der Waals surface area (Å²) in [6.45, 7) is 9.48. The summed E-state index contributed by atoms with van der Waals surface area (Å²) < 4.78 is 5.81. The van der Waals surface area contributed by atoms with Gasteiger partial charge in [0.1, 0.15) is 0 Å². The number of ether oxygens (including phenoxy) is 1. The van der Waals surface area contributed by atoms with Crippen molar-refractivity contribution < 1.29 is 4.74 Å². The fraction of sp³-hybridized carbons (Fsp3) is 1.00. The van der Waals surface area contributed by atoms with Gasteiger partial charge in [-0.2, -0.15) is 0 Å². The van der Waals surface area contributed by atoms with Gasteiger partial charge in [0, 0.05) is 13.2 Å². The van der Waals surface area contributed by atoms with Crippen LogP contribution in [0.3, 0.4) is 0 Å². The van der Waals surface area contributed by atoms with E-state index >= 15 is 0 Å². The SMILES string of the molecule is CC(C)CCCC(C)C1CC[C@@H]2C1CCC1C3CCOC[C@@H]3CCC12. The summed E-state index contributed by atoms with van der Waals surface area (Å²) in [6, 6.07) is 0. The first kappa shape index (κ1) is 18.3. The minimum Gasteiger partial charge on any atom is -0.381 e. The summed E-state index contributed by atoms with van der Waals surface area (Å²) >= 11 is 0. The molecule has 0 bridgehead atoms. The van der Waals surface area contributed by atoms with Crippen molar-refractivity contribution >= 4 is 0 Å². The Kier molecular flexibility index (Phi) is 5.80. The predicted octanol–water partition coefficient (Wildman–Crippen LogP) is 6.56. The van der Waals surface area contributed by atoms with Gasteiger partial charge in [-0.1, -0.05) is 40.0 Å². The highest BCUT2D eigenvalue weighted by Crippen LogP contribution is 2.59. The Morgan fingerprint density at radius 1 is 0.720 bits per heavy atom. The lowest BCUT2D eigenvalue weighted by Crippen LogP contribution is -2.46. The Morgan fingerprint density at radius 3 is 2.24 bits per heavy atom. The van der Waals surface area contributed by atoms with Gasteiger partial charge in [0.05, 0.1) is 0 Å². The van der Waals surface area contributed by atoms with Crippen LogP contribution in [0.25, 0.3) is 0 Å². The molecular weight excluding hydrogens is 304 g/mol. The molecule has 144 valence electrons. The highest BCUT2D eigenvalue weighted by atomic mass is 16.5. The fourth-order valence-electron chi connectivity index (χ4n) is 7.82. The minimum atomic E-state index is 0.883. The molecule has 1 saturated heterocycles. The Morgan fingerprint density at radius 2 is 1.40 bits per heavy atom. The number of fused-ring (bicyclic) bond motifs is 5. The van der Waals surface area contributed by atoms with Crippen molar-refractivity contribution in [3.05, 3.63) is 0 Å². The second kappa shape index (κ2) is 7.91. The molecule has 1 heterocycles. The van der Waals surface area contributed by atoms with E-state index in [0.717, 1.165) is 66.5 Å². The Bertz CT molecular complexity index is 430. The van der Waals surface area contributed by atoms with Gasteiger partial charge in [-0.15, -0.1) is 0 Å². The predicted molar refractivity (Wildman–Crippen MR) is 105 cm³/mol. The maximum atomic E-state index is 5.81. The molecule has 25 heavy (non-hydrogen) atoms. The third-order valence-corrected chi connectivity index (χ3v) is 8.99. The standard InChI is InChI=1S/C24H42O/c1-16(2)5-4-6-17(3)19-9-10-24-21(19)11-12-22-20-13-14-25-15-18(20)7-8-23(22)24/h16-24H,4-15H2,1-3H3/t17?,18-,19?,20?,21?,22?,23?,24+/m0/s1. The van der Waals surface area contributed by atoms with E-state index in [0.29, 0.717) is 0 Å². The van der Waals surface area contributed by atoms with Crippen LogP contribution in [0.4, 0.5) is 0 Å². The number of hydrogen-bond donors (Lipinski definition) is 0. The second-order valence-electron chi connectivity index (χ2n) is 10.6. The molecular formula is C24H42O. The molecule has 3 aliphatic carbocycles. The van der Waals surface area contributed by atoms with E-state index in [1.807, 2.05) is 0 Å². The molecule has 1 nitrogen and oxygen atoms in total. The summed E-state index contributed by atoms with van der Waals surface area (Å²) in [5.74, 6) is 9.20. The quantitative estimate of drug-likeness (QED) is 0.547. The molecule has 0 aromatic rings. The molecule has 4 fully saturated rings. The summed E-state index contributed by atoms with van der Waals surface area (Å²) in [7, 11) is 0.